The number of H-pyrrole nitrogens is 1. The maximum Gasteiger partial charge on any atom is 0.152 e. The van der Waals surface area contributed by atoms with Gasteiger partial charge in [-0.25, -0.2) is 0 Å². The Morgan fingerprint density at radius 1 is 1.33 bits per heavy atom. The van der Waals surface area contributed by atoms with Crippen molar-refractivity contribution in [3.05, 3.63) is 42.2 Å². The Bertz CT molecular complexity index is 390. The Morgan fingerprint density at radius 3 is 2.73 bits per heavy atom. The second-order valence-electron chi connectivity index (χ2n) is 2.89. The molecule has 1 N–H and O–H groups in total. The first-order valence-corrected chi connectivity index (χ1v) is 5.38. The lowest BCUT2D eigenvalue weighted by Crippen LogP contribution is -1.97. The van der Waals surface area contributed by atoms with E-state index in [0.29, 0.717) is 0 Å². The van der Waals surface area contributed by atoms with E-state index in [2.05, 4.69) is 15.4 Å². The van der Waals surface area contributed by atoms with Gasteiger partial charge in [0.2, 0.25) is 0 Å². The van der Waals surface area contributed by atoms with Crippen molar-refractivity contribution in [1.82, 2.24) is 15.4 Å². The fraction of sp³-hybridized carbons (Fsp3) is 0.200. The molecule has 1 unspecified atom stereocenters. The van der Waals surface area contributed by atoms with Gasteiger partial charge in [-0.3, -0.25) is 0 Å². The van der Waals surface area contributed by atoms with E-state index in [-0.39, 0.29) is 5.44 Å². The van der Waals surface area contributed by atoms with Crippen molar-refractivity contribution in [2.45, 2.75) is 10.3 Å². The van der Waals surface area contributed by atoms with E-state index in [1.807, 2.05) is 30.3 Å². The van der Waals surface area contributed by atoms with Crippen LogP contribution in [0.15, 0.2) is 41.4 Å². The molecule has 1 aromatic carbocycles. The van der Waals surface area contributed by atoms with Gasteiger partial charge in [-0.05, 0) is 12.1 Å². The molecule has 0 aliphatic rings. The number of methoxy groups -OCH3 is 1. The van der Waals surface area contributed by atoms with Crippen LogP contribution in [-0.4, -0.2) is 22.5 Å². The van der Waals surface area contributed by atoms with Crippen molar-refractivity contribution in [3.8, 4) is 0 Å². The van der Waals surface area contributed by atoms with Gasteiger partial charge in [0, 0.05) is 12.0 Å². The highest BCUT2D eigenvalue weighted by atomic mass is 32.2. The molecule has 0 radical (unpaired) electrons. The van der Waals surface area contributed by atoms with Crippen LogP contribution < -0.4 is 0 Å². The summed E-state index contributed by atoms with van der Waals surface area (Å²) in [6.45, 7) is 0. The SMILES string of the molecule is COC(Sc1ccccc1)c1cn[nH]n1. The van der Waals surface area contributed by atoms with E-state index in [1.165, 1.54) is 0 Å². The Hall–Kier alpha value is -1.33. The van der Waals surface area contributed by atoms with Crippen LogP contribution in [0.4, 0.5) is 0 Å². The van der Waals surface area contributed by atoms with E-state index in [1.54, 1.807) is 25.1 Å². The van der Waals surface area contributed by atoms with Crippen LogP contribution in [-0.2, 0) is 4.74 Å². The summed E-state index contributed by atoms with van der Waals surface area (Å²) in [5, 5.41) is 10.3. The first-order chi connectivity index (χ1) is 7.40. The van der Waals surface area contributed by atoms with Gasteiger partial charge in [0.1, 0.15) is 5.69 Å². The minimum Gasteiger partial charge on any atom is -0.364 e. The van der Waals surface area contributed by atoms with Crippen molar-refractivity contribution >= 4 is 11.8 Å². The van der Waals surface area contributed by atoms with E-state index >= 15 is 0 Å². The quantitative estimate of drug-likeness (QED) is 0.635. The molecule has 4 nitrogen and oxygen atoms in total. The van der Waals surface area contributed by atoms with Gasteiger partial charge in [-0.15, -0.1) is 0 Å². The highest BCUT2D eigenvalue weighted by Crippen LogP contribution is 2.33. The summed E-state index contributed by atoms with van der Waals surface area (Å²) < 4.78 is 5.34. The van der Waals surface area contributed by atoms with Crippen molar-refractivity contribution < 1.29 is 4.74 Å². The first-order valence-electron chi connectivity index (χ1n) is 4.50. The second kappa shape index (κ2) is 4.95. The number of aromatic nitrogens is 3. The standard InChI is InChI=1S/C10H11N3OS/c1-14-10(9-7-11-13-12-9)15-8-5-3-2-4-6-8/h2-7,10H,1H3,(H,11,12,13). The third-order valence-corrected chi connectivity index (χ3v) is 3.07. The van der Waals surface area contributed by atoms with Crippen LogP contribution >= 0.6 is 11.8 Å². The fourth-order valence-electron chi connectivity index (χ4n) is 1.18. The monoisotopic (exact) mass is 221 g/mol. The molecule has 5 heteroatoms. The molecule has 78 valence electrons. The summed E-state index contributed by atoms with van der Waals surface area (Å²) >= 11 is 1.60. The highest BCUT2D eigenvalue weighted by molar-refractivity contribution is 7.99. The van der Waals surface area contributed by atoms with Crippen LogP contribution in [0, 0.1) is 0 Å². The van der Waals surface area contributed by atoms with Gasteiger partial charge in [0.05, 0.1) is 6.20 Å². The van der Waals surface area contributed by atoms with Gasteiger partial charge in [-0.2, -0.15) is 15.4 Å². The minimum absolute atomic E-state index is 0.119. The predicted molar refractivity (Wildman–Crippen MR) is 58.4 cm³/mol. The van der Waals surface area contributed by atoms with Crippen LogP contribution in [0.1, 0.15) is 11.1 Å². The zero-order chi connectivity index (χ0) is 10.5. The molecule has 0 spiro atoms. The molecule has 0 aliphatic heterocycles. The molecule has 1 atom stereocenters. The third kappa shape index (κ3) is 2.57. The topological polar surface area (TPSA) is 50.8 Å². The number of hydrogen-bond acceptors (Lipinski definition) is 4. The molecule has 1 heterocycles. The molecule has 0 aliphatic carbocycles. The van der Waals surface area contributed by atoms with Gasteiger partial charge in [-0.1, -0.05) is 30.0 Å². The normalized spacial score (nSPS) is 12.6. The lowest BCUT2D eigenvalue weighted by atomic mass is 10.4. The zero-order valence-electron chi connectivity index (χ0n) is 8.25. The predicted octanol–water partition coefficient (Wildman–Crippen LogP) is 2.24. The molecular weight excluding hydrogens is 210 g/mol. The fourth-order valence-corrected chi connectivity index (χ4v) is 2.07. The largest absolute Gasteiger partial charge is 0.364 e. The lowest BCUT2D eigenvalue weighted by Gasteiger charge is -2.11. The molecule has 0 saturated carbocycles. The summed E-state index contributed by atoms with van der Waals surface area (Å²) in [6.07, 6.45) is 1.67. The van der Waals surface area contributed by atoms with Gasteiger partial charge < -0.3 is 4.74 Å². The summed E-state index contributed by atoms with van der Waals surface area (Å²) in [5.41, 5.74) is 0.678. The maximum absolute atomic E-state index is 5.34. The van der Waals surface area contributed by atoms with E-state index in [9.17, 15) is 0 Å². The summed E-state index contributed by atoms with van der Waals surface area (Å²) in [4.78, 5) is 1.15. The van der Waals surface area contributed by atoms with Crippen molar-refractivity contribution in [2.75, 3.05) is 7.11 Å². The molecule has 2 aromatic rings. The number of hydrogen-bond donors (Lipinski definition) is 1. The molecule has 15 heavy (non-hydrogen) atoms. The average molecular weight is 221 g/mol. The number of benzene rings is 1. The third-order valence-electron chi connectivity index (χ3n) is 1.88. The van der Waals surface area contributed by atoms with E-state index < -0.39 is 0 Å². The number of rotatable bonds is 4. The van der Waals surface area contributed by atoms with E-state index in [0.717, 1.165) is 10.6 Å². The summed E-state index contributed by atoms with van der Waals surface area (Å²) in [6, 6.07) is 10.1. The van der Waals surface area contributed by atoms with Gasteiger partial charge >= 0.3 is 0 Å². The molecule has 1 aromatic heterocycles. The Kier molecular flexibility index (Phi) is 3.37. The summed E-state index contributed by atoms with van der Waals surface area (Å²) in [5.74, 6) is 0. The Balaban J connectivity index is 2.10. The summed E-state index contributed by atoms with van der Waals surface area (Å²) in [7, 11) is 1.66. The number of thioether (sulfide) groups is 1. The average Bonchev–Trinajstić information content (AvgIpc) is 2.81. The smallest absolute Gasteiger partial charge is 0.152 e. The maximum atomic E-state index is 5.34. The molecule has 0 bridgehead atoms. The van der Waals surface area contributed by atoms with Crippen molar-refractivity contribution in [1.29, 1.82) is 0 Å². The molecule has 2 rings (SSSR count). The van der Waals surface area contributed by atoms with E-state index in [4.69, 9.17) is 4.74 Å². The number of nitrogens with zero attached hydrogens (tertiary/aromatic N) is 2. The Labute approximate surface area is 92.0 Å². The highest BCUT2D eigenvalue weighted by Gasteiger charge is 2.14. The van der Waals surface area contributed by atoms with Crippen LogP contribution in [0.3, 0.4) is 0 Å². The first kappa shape index (κ1) is 10.2. The molecular formula is C10H11N3OS. The molecule has 0 saturated heterocycles. The van der Waals surface area contributed by atoms with Crippen LogP contribution in [0.2, 0.25) is 0 Å². The minimum atomic E-state index is -0.119. The number of aromatic amines is 1. The van der Waals surface area contributed by atoms with Crippen molar-refractivity contribution in [2.24, 2.45) is 0 Å². The number of ether oxygens (including phenoxy) is 1. The van der Waals surface area contributed by atoms with Crippen LogP contribution in [0.25, 0.3) is 0 Å². The second-order valence-corrected chi connectivity index (χ2v) is 4.03. The molecule has 0 fully saturated rings. The number of nitrogens with one attached hydrogen (secondary N) is 1. The lowest BCUT2D eigenvalue weighted by molar-refractivity contribution is 0.172. The molecule has 0 amide bonds. The van der Waals surface area contributed by atoms with Crippen LogP contribution in [0.5, 0.6) is 0 Å². The van der Waals surface area contributed by atoms with Crippen molar-refractivity contribution in [3.63, 3.8) is 0 Å². The van der Waals surface area contributed by atoms with Gasteiger partial charge in [0.25, 0.3) is 0 Å². The Morgan fingerprint density at radius 2 is 2.13 bits per heavy atom. The van der Waals surface area contributed by atoms with Gasteiger partial charge in [0.15, 0.2) is 5.44 Å². The zero-order valence-corrected chi connectivity index (χ0v) is 9.07.